The minimum Gasteiger partial charge on any atom is -0.480 e. The molecule has 0 bridgehead atoms. The van der Waals surface area contributed by atoms with Crippen LogP contribution in [0.1, 0.15) is 18.8 Å². The molecule has 0 fully saturated rings. The molecule has 0 saturated heterocycles. The normalized spacial score (nSPS) is 13.6. The lowest BCUT2D eigenvalue weighted by molar-refractivity contribution is -0.134. The van der Waals surface area contributed by atoms with E-state index in [0.717, 1.165) is 0 Å². The van der Waals surface area contributed by atoms with Crippen molar-refractivity contribution in [1.29, 1.82) is 0 Å². The molecule has 0 aliphatic rings. The highest BCUT2D eigenvalue weighted by Gasteiger charge is 2.21. The second kappa shape index (κ2) is 4.58. The van der Waals surface area contributed by atoms with Gasteiger partial charge in [-0.25, -0.2) is 13.1 Å². The van der Waals surface area contributed by atoms with E-state index in [9.17, 15) is 13.2 Å². The van der Waals surface area contributed by atoms with Crippen molar-refractivity contribution in [3.63, 3.8) is 0 Å². The lowest BCUT2D eigenvalue weighted by atomic mass is 10.3. The van der Waals surface area contributed by atoms with Gasteiger partial charge in [-0.05, 0) is 6.92 Å². The van der Waals surface area contributed by atoms with E-state index in [0.29, 0.717) is 5.82 Å². The molecule has 1 atom stereocenters. The summed E-state index contributed by atoms with van der Waals surface area (Å²) >= 11 is 0. The zero-order valence-electron chi connectivity index (χ0n) is 8.78. The molecule has 9 heteroatoms. The van der Waals surface area contributed by atoms with Crippen LogP contribution < -0.4 is 4.72 Å². The van der Waals surface area contributed by atoms with E-state index in [2.05, 4.69) is 14.9 Å². The van der Waals surface area contributed by atoms with Gasteiger partial charge in [-0.3, -0.25) is 4.79 Å². The monoisotopic (exact) mass is 248 g/mol. The summed E-state index contributed by atoms with van der Waals surface area (Å²) in [7, 11) is -2.19. The first-order valence-electron chi connectivity index (χ1n) is 4.37. The highest BCUT2D eigenvalue weighted by atomic mass is 32.2. The number of aromatic nitrogens is 3. The lowest BCUT2D eigenvalue weighted by Gasteiger charge is -2.11. The predicted octanol–water partition coefficient (Wildman–Crippen LogP) is -1.12. The van der Waals surface area contributed by atoms with Gasteiger partial charge in [0.2, 0.25) is 10.0 Å². The number of hydrogen-bond donors (Lipinski definition) is 2. The maximum absolute atomic E-state index is 11.3. The first-order valence-corrected chi connectivity index (χ1v) is 6.03. The molecule has 90 valence electrons. The summed E-state index contributed by atoms with van der Waals surface area (Å²) in [5.41, 5.74) is 0. The Morgan fingerprint density at radius 1 is 1.69 bits per heavy atom. The van der Waals surface area contributed by atoms with Crippen LogP contribution in [0.2, 0.25) is 0 Å². The van der Waals surface area contributed by atoms with Gasteiger partial charge in [-0.1, -0.05) is 0 Å². The van der Waals surface area contributed by atoms with Crippen molar-refractivity contribution in [1.82, 2.24) is 19.5 Å². The molecule has 0 spiro atoms. The summed E-state index contributed by atoms with van der Waals surface area (Å²) < 4.78 is 26.4. The van der Waals surface area contributed by atoms with E-state index >= 15 is 0 Å². The van der Waals surface area contributed by atoms with Crippen LogP contribution in [0.15, 0.2) is 6.33 Å². The number of aryl methyl sites for hydroxylation is 1. The SMILES string of the molecule is CC(NS(=O)(=O)CC(=O)O)c1nncn1C. The van der Waals surface area contributed by atoms with Crippen molar-refractivity contribution in [2.75, 3.05) is 5.75 Å². The third kappa shape index (κ3) is 3.28. The van der Waals surface area contributed by atoms with Crippen molar-refractivity contribution in [2.24, 2.45) is 7.05 Å². The molecule has 8 nitrogen and oxygen atoms in total. The van der Waals surface area contributed by atoms with Gasteiger partial charge in [0.25, 0.3) is 0 Å². The number of aliphatic carboxylic acids is 1. The van der Waals surface area contributed by atoms with E-state index in [1.54, 1.807) is 18.5 Å². The number of rotatable bonds is 5. The fourth-order valence-corrected chi connectivity index (χ4v) is 2.26. The molecule has 1 aromatic rings. The van der Waals surface area contributed by atoms with Gasteiger partial charge in [0, 0.05) is 7.05 Å². The summed E-state index contributed by atoms with van der Waals surface area (Å²) in [4.78, 5) is 10.3. The zero-order valence-corrected chi connectivity index (χ0v) is 9.60. The van der Waals surface area contributed by atoms with Gasteiger partial charge < -0.3 is 9.67 Å². The van der Waals surface area contributed by atoms with Crippen LogP contribution in [0, 0.1) is 0 Å². The maximum atomic E-state index is 11.3. The molecule has 1 aromatic heterocycles. The van der Waals surface area contributed by atoms with Crippen molar-refractivity contribution in [3.8, 4) is 0 Å². The predicted molar refractivity (Wildman–Crippen MR) is 54.0 cm³/mol. The molecule has 0 saturated carbocycles. The Labute approximate surface area is 92.3 Å². The van der Waals surface area contributed by atoms with Crippen LogP contribution in [0.4, 0.5) is 0 Å². The average Bonchev–Trinajstić information content (AvgIpc) is 2.47. The highest BCUT2D eigenvalue weighted by Crippen LogP contribution is 2.08. The smallest absolute Gasteiger partial charge is 0.320 e. The van der Waals surface area contributed by atoms with Crippen LogP contribution in [0.3, 0.4) is 0 Å². The Bertz CT molecular complexity index is 480. The number of nitrogens with zero attached hydrogens (tertiary/aromatic N) is 3. The Kier molecular flexibility index (Phi) is 3.60. The molecule has 2 N–H and O–H groups in total. The largest absolute Gasteiger partial charge is 0.480 e. The van der Waals surface area contributed by atoms with Crippen molar-refractivity contribution in [3.05, 3.63) is 12.2 Å². The first-order chi connectivity index (χ1) is 7.32. The second-order valence-corrected chi connectivity index (χ2v) is 5.05. The van der Waals surface area contributed by atoms with Crippen LogP contribution in [-0.2, 0) is 21.9 Å². The van der Waals surface area contributed by atoms with Gasteiger partial charge >= 0.3 is 5.97 Å². The van der Waals surface area contributed by atoms with Crippen LogP contribution >= 0.6 is 0 Å². The highest BCUT2D eigenvalue weighted by molar-refractivity contribution is 7.90. The molecule has 0 amide bonds. The van der Waals surface area contributed by atoms with Crippen molar-refractivity contribution >= 4 is 16.0 Å². The number of sulfonamides is 1. The van der Waals surface area contributed by atoms with Crippen LogP contribution in [-0.4, -0.2) is 40.0 Å². The number of carboxylic acid groups (broad SMARTS) is 1. The number of nitrogens with one attached hydrogen (secondary N) is 1. The molecule has 0 aromatic carbocycles. The summed E-state index contributed by atoms with van der Waals surface area (Å²) in [6.07, 6.45) is 1.43. The molecule has 1 unspecified atom stereocenters. The third-order valence-corrected chi connectivity index (χ3v) is 3.14. The molecule has 16 heavy (non-hydrogen) atoms. The number of hydrogen-bond acceptors (Lipinski definition) is 5. The molecular weight excluding hydrogens is 236 g/mol. The van der Waals surface area contributed by atoms with Gasteiger partial charge in [-0.2, -0.15) is 0 Å². The standard InChI is InChI=1S/C7H12N4O4S/c1-5(7-9-8-4-11(7)2)10-16(14,15)3-6(12)13/h4-5,10H,3H2,1-2H3,(H,12,13). The fraction of sp³-hybridized carbons (Fsp3) is 0.571. The minimum absolute atomic E-state index is 0.411. The summed E-state index contributed by atoms with van der Waals surface area (Å²) in [6, 6.07) is -0.628. The lowest BCUT2D eigenvalue weighted by Crippen LogP contribution is -2.33. The van der Waals surface area contributed by atoms with E-state index in [4.69, 9.17) is 5.11 Å². The Morgan fingerprint density at radius 3 is 2.75 bits per heavy atom. The van der Waals surface area contributed by atoms with E-state index < -0.39 is 27.8 Å². The Balaban J connectivity index is 2.75. The second-order valence-electron chi connectivity index (χ2n) is 3.29. The summed E-state index contributed by atoms with van der Waals surface area (Å²) in [5.74, 6) is -1.96. The first kappa shape index (κ1) is 12.6. The van der Waals surface area contributed by atoms with Gasteiger partial charge in [0.15, 0.2) is 5.75 Å². The van der Waals surface area contributed by atoms with Crippen molar-refractivity contribution < 1.29 is 18.3 Å². The topological polar surface area (TPSA) is 114 Å². The fourth-order valence-electron chi connectivity index (χ4n) is 1.21. The van der Waals surface area contributed by atoms with Crippen LogP contribution in [0.25, 0.3) is 0 Å². The van der Waals surface area contributed by atoms with Gasteiger partial charge in [0.1, 0.15) is 12.2 Å². The van der Waals surface area contributed by atoms with Crippen molar-refractivity contribution in [2.45, 2.75) is 13.0 Å². The number of carboxylic acids is 1. The molecule has 1 rings (SSSR count). The van der Waals surface area contributed by atoms with Crippen LogP contribution in [0.5, 0.6) is 0 Å². The molecule has 0 radical (unpaired) electrons. The van der Waals surface area contributed by atoms with Gasteiger partial charge in [0.05, 0.1) is 6.04 Å². The Morgan fingerprint density at radius 2 is 2.31 bits per heavy atom. The summed E-state index contributed by atoms with van der Waals surface area (Å²) in [5, 5.41) is 15.7. The van der Waals surface area contributed by atoms with Gasteiger partial charge in [-0.15, -0.1) is 10.2 Å². The Hall–Kier alpha value is -1.48. The van der Waals surface area contributed by atoms with E-state index in [-0.39, 0.29) is 0 Å². The molecule has 0 aliphatic heterocycles. The third-order valence-electron chi connectivity index (χ3n) is 1.80. The average molecular weight is 248 g/mol. The molecule has 0 aliphatic carbocycles. The zero-order chi connectivity index (χ0) is 12.3. The summed E-state index contributed by atoms with van der Waals surface area (Å²) in [6.45, 7) is 1.56. The van der Waals surface area contributed by atoms with E-state index in [1.807, 2.05) is 0 Å². The number of carbonyl (C=O) groups is 1. The minimum atomic E-state index is -3.85. The van der Waals surface area contributed by atoms with E-state index in [1.165, 1.54) is 6.33 Å². The molecular formula is C7H12N4O4S. The maximum Gasteiger partial charge on any atom is 0.320 e. The quantitative estimate of drug-likeness (QED) is 0.682. The molecule has 1 heterocycles.